The Balaban J connectivity index is 1.28. The van der Waals surface area contributed by atoms with Crippen molar-refractivity contribution in [3.63, 3.8) is 0 Å². The zero-order chi connectivity index (χ0) is 32.4. The van der Waals surface area contributed by atoms with Crippen LogP contribution in [0.25, 0.3) is 17.1 Å². The van der Waals surface area contributed by atoms with E-state index < -0.39 is 11.9 Å². The molecule has 3 aromatic carbocycles. The maximum absolute atomic E-state index is 13.2. The Kier molecular flexibility index (Phi) is 9.06. The third-order valence-corrected chi connectivity index (χ3v) is 8.18. The molecule has 1 N–H and O–H groups in total. The van der Waals surface area contributed by atoms with E-state index in [2.05, 4.69) is 27.1 Å². The normalized spacial score (nSPS) is 14.7. The first kappa shape index (κ1) is 31.8. The Morgan fingerprint density at radius 2 is 1.78 bits per heavy atom. The predicted octanol–water partition coefficient (Wildman–Crippen LogP) is 7.07. The number of alkyl halides is 3. The smallest absolute Gasteiger partial charge is 0.406 e. The summed E-state index contributed by atoms with van der Waals surface area (Å²) in [5.74, 6) is -0.00697. The zero-order valence-electron chi connectivity index (χ0n) is 25.2. The zero-order valence-corrected chi connectivity index (χ0v) is 26.0. The van der Waals surface area contributed by atoms with Gasteiger partial charge < -0.3 is 10.1 Å². The fraction of sp³-hybridized carbons (Fsp3) is 0.273. The second kappa shape index (κ2) is 12.8. The molecule has 0 spiro atoms. The van der Waals surface area contributed by atoms with Gasteiger partial charge in [0.05, 0.1) is 27.7 Å². The molecule has 2 heterocycles. The highest BCUT2D eigenvalue weighted by molar-refractivity contribution is 8.04. The van der Waals surface area contributed by atoms with Crippen LogP contribution in [0, 0.1) is 6.92 Å². The molecular formula is C33H32F3N5O3S. The van der Waals surface area contributed by atoms with Gasteiger partial charge in [0.25, 0.3) is 0 Å². The van der Waals surface area contributed by atoms with E-state index in [-0.39, 0.29) is 23.3 Å². The van der Waals surface area contributed by atoms with Gasteiger partial charge in [0.15, 0.2) is 5.82 Å². The largest absolute Gasteiger partial charge is 0.573 e. The number of carbonyl (C=O) groups excluding carboxylic acids is 2. The van der Waals surface area contributed by atoms with Crippen LogP contribution in [0.2, 0.25) is 0 Å². The summed E-state index contributed by atoms with van der Waals surface area (Å²) in [6.07, 6.45) is -0.0387. The maximum atomic E-state index is 13.2. The highest BCUT2D eigenvalue weighted by Gasteiger charge is 2.32. The average Bonchev–Trinajstić information content (AvgIpc) is 3.61. The monoisotopic (exact) mass is 635 g/mol. The number of aryl methyl sites for hydroxylation is 2. The van der Waals surface area contributed by atoms with E-state index in [0.717, 1.165) is 40.8 Å². The predicted molar refractivity (Wildman–Crippen MR) is 168 cm³/mol. The van der Waals surface area contributed by atoms with Crippen molar-refractivity contribution in [2.75, 3.05) is 10.7 Å². The molecule has 0 bridgehead atoms. The highest BCUT2D eigenvalue weighted by Crippen LogP contribution is 2.37. The van der Waals surface area contributed by atoms with Crippen LogP contribution >= 0.6 is 11.8 Å². The van der Waals surface area contributed by atoms with Gasteiger partial charge in [-0.05, 0) is 74.2 Å². The van der Waals surface area contributed by atoms with Gasteiger partial charge in [0.2, 0.25) is 11.8 Å². The molecule has 12 heteroatoms. The van der Waals surface area contributed by atoms with Crippen LogP contribution in [0.5, 0.6) is 5.75 Å². The molecule has 1 aromatic heterocycles. The number of anilines is 1. The highest BCUT2D eigenvalue weighted by atomic mass is 32.2. The van der Waals surface area contributed by atoms with Crippen LogP contribution in [-0.4, -0.2) is 38.7 Å². The summed E-state index contributed by atoms with van der Waals surface area (Å²) in [6.45, 7) is 7.86. The van der Waals surface area contributed by atoms with Crippen molar-refractivity contribution >= 4 is 29.3 Å². The van der Waals surface area contributed by atoms with E-state index in [9.17, 15) is 22.8 Å². The number of ether oxygens (including phenoxy) is 1. The molecule has 1 aliphatic heterocycles. The molecule has 2 amide bonds. The molecule has 8 nitrogen and oxygen atoms in total. The summed E-state index contributed by atoms with van der Waals surface area (Å²) in [5.41, 5.74) is 4.27. The summed E-state index contributed by atoms with van der Waals surface area (Å²) in [7, 11) is 0. The summed E-state index contributed by atoms with van der Waals surface area (Å²) in [5, 5.41) is 8.10. The van der Waals surface area contributed by atoms with Crippen LogP contribution in [0.4, 0.5) is 18.9 Å². The summed E-state index contributed by atoms with van der Waals surface area (Å²) in [6, 6.07) is 18.8. The lowest BCUT2D eigenvalue weighted by Gasteiger charge is -2.27. The molecule has 4 aromatic rings. The van der Waals surface area contributed by atoms with Crippen molar-refractivity contribution in [3.05, 3.63) is 101 Å². The molecule has 1 saturated heterocycles. The number of carbonyl (C=O) groups is 2. The molecule has 0 saturated carbocycles. The van der Waals surface area contributed by atoms with Crippen LogP contribution in [0.15, 0.2) is 84.2 Å². The molecular weight excluding hydrogens is 603 g/mol. The van der Waals surface area contributed by atoms with Crippen molar-refractivity contribution in [1.82, 2.24) is 20.1 Å². The second-order valence-corrected chi connectivity index (χ2v) is 12.1. The van der Waals surface area contributed by atoms with Crippen molar-refractivity contribution < 1.29 is 27.5 Å². The first-order valence-corrected chi connectivity index (χ1v) is 15.3. The van der Waals surface area contributed by atoms with Gasteiger partial charge in [-0.1, -0.05) is 61.5 Å². The van der Waals surface area contributed by atoms with Gasteiger partial charge in [-0.3, -0.25) is 14.5 Å². The third-order valence-electron chi connectivity index (χ3n) is 7.20. The number of rotatable bonds is 9. The van der Waals surface area contributed by atoms with Crippen LogP contribution in [-0.2, 0) is 21.5 Å². The number of benzene rings is 3. The summed E-state index contributed by atoms with van der Waals surface area (Å²) in [4.78, 5) is 32.1. The lowest BCUT2D eigenvalue weighted by molar-refractivity contribution is -0.274. The van der Waals surface area contributed by atoms with Gasteiger partial charge in [-0.25, -0.2) is 9.67 Å². The molecule has 5 rings (SSSR count). The van der Waals surface area contributed by atoms with Gasteiger partial charge in [0, 0.05) is 11.6 Å². The Bertz CT molecular complexity index is 1730. The van der Waals surface area contributed by atoms with Crippen LogP contribution < -0.4 is 15.0 Å². The number of thioether (sulfide) groups is 1. The lowest BCUT2D eigenvalue weighted by atomic mass is 9.93. The number of nitrogens with one attached hydrogen (secondary N) is 1. The lowest BCUT2D eigenvalue weighted by Crippen LogP contribution is -2.40. The Labute approximate surface area is 263 Å². The van der Waals surface area contributed by atoms with E-state index in [1.54, 1.807) is 4.90 Å². The van der Waals surface area contributed by atoms with Gasteiger partial charge in [0.1, 0.15) is 12.1 Å². The van der Waals surface area contributed by atoms with Crippen molar-refractivity contribution in [2.24, 2.45) is 0 Å². The Morgan fingerprint density at radius 1 is 1.07 bits per heavy atom. The summed E-state index contributed by atoms with van der Waals surface area (Å²) < 4.78 is 42.7. The SMILES string of the molecule is CCCc1ccc(C)cc1N1C(=O)CS/C1=C\C(=O)NC(C)(C)c1ccc(-c2ncn(-c3ccc(OC(F)(F)F)cc3)n2)cc1. The average molecular weight is 636 g/mol. The molecule has 0 atom stereocenters. The van der Waals surface area contributed by atoms with E-state index in [4.69, 9.17) is 0 Å². The number of hydrogen-bond donors (Lipinski definition) is 1. The molecule has 1 aliphatic rings. The van der Waals surface area contributed by atoms with Crippen molar-refractivity contribution in [2.45, 2.75) is 52.4 Å². The molecule has 0 unspecified atom stereocenters. The molecule has 0 radical (unpaired) electrons. The van der Waals surface area contributed by atoms with Gasteiger partial charge >= 0.3 is 6.36 Å². The second-order valence-electron chi connectivity index (χ2n) is 11.1. The number of aromatic nitrogens is 3. The van der Waals surface area contributed by atoms with Crippen molar-refractivity contribution in [1.29, 1.82) is 0 Å². The van der Waals surface area contributed by atoms with E-state index in [1.807, 2.05) is 63.2 Å². The minimum absolute atomic E-state index is 0.0552. The fourth-order valence-electron chi connectivity index (χ4n) is 4.99. The number of nitrogens with zero attached hydrogens (tertiary/aromatic N) is 4. The quantitative estimate of drug-likeness (QED) is 0.198. The topological polar surface area (TPSA) is 89.4 Å². The molecule has 45 heavy (non-hydrogen) atoms. The van der Waals surface area contributed by atoms with Crippen molar-refractivity contribution in [3.8, 4) is 22.8 Å². The number of hydrogen-bond acceptors (Lipinski definition) is 6. The molecule has 1 fully saturated rings. The van der Waals surface area contributed by atoms with Gasteiger partial charge in [-0.2, -0.15) is 0 Å². The first-order valence-electron chi connectivity index (χ1n) is 14.3. The Morgan fingerprint density at radius 3 is 2.44 bits per heavy atom. The van der Waals surface area contributed by atoms with E-state index in [0.29, 0.717) is 16.5 Å². The van der Waals surface area contributed by atoms with Gasteiger partial charge in [-0.15, -0.1) is 18.3 Å². The van der Waals surface area contributed by atoms with E-state index >= 15 is 0 Å². The fourth-order valence-corrected chi connectivity index (χ4v) is 5.91. The maximum Gasteiger partial charge on any atom is 0.573 e. The minimum atomic E-state index is -4.76. The molecule has 0 aliphatic carbocycles. The number of halogens is 3. The Hall–Kier alpha value is -4.58. The number of amides is 2. The standard InChI is InChI=1S/C33H32F3N5O3S/c1-5-6-22-8-7-21(2)17-27(22)41-29(43)19-45-30(41)18-28(42)38-32(3,4)24-11-9-23(10-12-24)31-37-20-40(39-31)25-13-15-26(16-14-25)44-33(34,35)36/h7-18,20H,5-6,19H2,1-4H3,(H,38,42)/b30-18-. The van der Waals surface area contributed by atoms with Crippen LogP contribution in [0.3, 0.4) is 0 Å². The van der Waals surface area contributed by atoms with E-state index in [1.165, 1.54) is 53.1 Å². The third kappa shape index (κ3) is 7.56. The minimum Gasteiger partial charge on any atom is -0.406 e. The summed E-state index contributed by atoms with van der Waals surface area (Å²) >= 11 is 1.35. The molecule has 234 valence electrons. The van der Waals surface area contributed by atoms with Crippen LogP contribution in [0.1, 0.15) is 43.9 Å². The first-order chi connectivity index (χ1) is 21.3.